The summed E-state index contributed by atoms with van der Waals surface area (Å²) in [6, 6.07) is -1.73. The summed E-state index contributed by atoms with van der Waals surface area (Å²) in [6.07, 6.45) is 0.152. The molecule has 4 fully saturated rings. The normalized spacial score (nSPS) is 32.4. The molecule has 228 valence electrons. The highest BCUT2D eigenvalue weighted by molar-refractivity contribution is 5.84. The van der Waals surface area contributed by atoms with Crippen LogP contribution in [0.4, 0.5) is 9.59 Å². The van der Waals surface area contributed by atoms with Gasteiger partial charge in [0.15, 0.2) is 0 Å². The van der Waals surface area contributed by atoms with Crippen LogP contribution in [0.5, 0.6) is 0 Å². The summed E-state index contributed by atoms with van der Waals surface area (Å²) in [7, 11) is 0. The van der Waals surface area contributed by atoms with Crippen molar-refractivity contribution in [3.8, 4) is 0 Å². The van der Waals surface area contributed by atoms with E-state index in [0.29, 0.717) is 25.7 Å². The lowest BCUT2D eigenvalue weighted by molar-refractivity contribution is -0.153. The first-order chi connectivity index (χ1) is 18.5. The van der Waals surface area contributed by atoms with Crippen molar-refractivity contribution < 1.29 is 48.3 Å². The number of carbonyl (C=O) groups is 4. The van der Waals surface area contributed by atoms with E-state index < -0.39 is 59.6 Å². The Balaban J connectivity index is 0.000000220. The molecular weight excluding hydrogens is 524 g/mol. The summed E-state index contributed by atoms with van der Waals surface area (Å²) in [4.78, 5) is 51.7. The van der Waals surface area contributed by atoms with Crippen molar-refractivity contribution in [2.24, 2.45) is 11.8 Å². The first-order valence-corrected chi connectivity index (χ1v) is 14.2. The Bertz CT molecular complexity index is 882. The van der Waals surface area contributed by atoms with E-state index >= 15 is 0 Å². The van der Waals surface area contributed by atoms with E-state index in [-0.39, 0.29) is 37.1 Å². The van der Waals surface area contributed by atoms with Crippen LogP contribution in [0.3, 0.4) is 0 Å². The monoisotopic (exact) mass is 570 g/mol. The lowest BCUT2D eigenvalue weighted by atomic mass is 9.96. The van der Waals surface area contributed by atoms with E-state index in [9.17, 15) is 29.4 Å². The number of hydrogen-bond donors (Lipinski definition) is 2. The van der Waals surface area contributed by atoms with Gasteiger partial charge in [0.25, 0.3) is 0 Å². The first-order valence-electron chi connectivity index (χ1n) is 14.2. The average Bonchev–Trinajstić information content (AvgIpc) is 3.55. The van der Waals surface area contributed by atoms with Crippen molar-refractivity contribution in [3.05, 3.63) is 0 Å². The van der Waals surface area contributed by atoms with Gasteiger partial charge in [0.1, 0.15) is 23.3 Å². The molecule has 2 saturated carbocycles. The maximum absolute atomic E-state index is 12.3. The number of hydrogen-bond acceptors (Lipinski definition) is 10. The molecule has 0 spiro atoms. The number of rotatable bonds is 4. The van der Waals surface area contributed by atoms with Gasteiger partial charge in [-0.3, -0.25) is 9.80 Å². The third-order valence-corrected chi connectivity index (χ3v) is 7.57. The van der Waals surface area contributed by atoms with Gasteiger partial charge in [-0.25, -0.2) is 19.2 Å². The van der Waals surface area contributed by atoms with Crippen LogP contribution in [-0.4, -0.2) is 105 Å². The standard InChI is InChI=1S/2C14H23NO5/c2*1-5-19-12(17)11-9-6-8(7-10(9)16)15(11)13(18)20-14(2,3)4/h2*8-11,16H,5-7H2,1-4H3/t2*8-,9+,10+,11-/m10/s1. The number of nitrogens with zero attached hydrogens (tertiary/aromatic N) is 2. The highest BCUT2D eigenvalue weighted by Crippen LogP contribution is 2.45. The van der Waals surface area contributed by atoms with E-state index in [2.05, 4.69) is 0 Å². The minimum absolute atomic E-state index is 0.140. The summed E-state index contributed by atoms with van der Waals surface area (Å²) < 4.78 is 20.8. The lowest BCUT2D eigenvalue weighted by Crippen LogP contribution is -2.54. The van der Waals surface area contributed by atoms with Crippen molar-refractivity contribution in [1.82, 2.24) is 9.80 Å². The van der Waals surface area contributed by atoms with Crippen LogP contribution >= 0.6 is 0 Å². The molecule has 2 aliphatic heterocycles. The Hall–Kier alpha value is -2.60. The predicted molar refractivity (Wildman–Crippen MR) is 142 cm³/mol. The molecule has 0 aromatic heterocycles. The minimum atomic E-state index is -0.724. The number of aliphatic hydroxyl groups is 2. The number of fused-ring (bicyclic) bond motifs is 4. The average molecular weight is 571 g/mol. The number of carbonyl (C=O) groups excluding carboxylic acids is 4. The first kappa shape index (κ1) is 31.9. The number of ether oxygens (including phenoxy) is 4. The van der Waals surface area contributed by atoms with Gasteiger partial charge < -0.3 is 29.2 Å². The Morgan fingerprint density at radius 2 is 0.975 bits per heavy atom. The summed E-state index contributed by atoms with van der Waals surface area (Å²) in [6.45, 7) is 14.7. The smallest absolute Gasteiger partial charge is 0.411 e. The van der Waals surface area contributed by atoms with Crippen molar-refractivity contribution in [2.75, 3.05) is 13.2 Å². The molecule has 0 unspecified atom stereocenters. The molecule has 8 atom stereocenters. The van der Waals surface area contributed by atoms with Gasteiger partial charge in [0.2, 0.25) is 0 Å². The summed E-state index contributed by atoms with van der Waals surface area (Å²) >= 11 is 0. The van der Waals surface area contributed by atoms with Gasteiger partial charge in [-0.15, -0.1) is 0 Å². The van der Waals surface area contributed by atoms with Gasteiger partial charge in [-0.05, 0) is 81.1 Å². The van der Waals surface area contributed by atoms with E-state index in [4.69, 9.17) is 18.9 Å². The van der Waals surface area contributed by atoms with Gasteiger partial charge >= 0.3 is 24.1 Å². The third kappa shape index (κ3) is 6.99. The summed E-state index contributed by atoms with van der Waals surface area (Å²) in [5.41, 5.74) is -1.23. The molecular formula is C28H46N2O10. The van der Waals surface area contributed by atoms with Crippen molar-refractivity contribution >= 4 is 24.1 Å². The van der Waals surface area contributed by atoms with Crippen LogP contribution in [0.1, 0.15) is 81.1 Å². The van der Waals surface area contributed by atoms with E-state index in [1.54, 1.807) is 55.4 Å². The maximum Gasteiger partial charge on any atom is 0.411 e. The molecule has 4 rings (SSSR count). The molecule has 12 heteroatoms. The number of amides is 2. The van der Waals surface area contributed by atoms with Gasteiger partial charge in [0.05, 0.1) is 25.4 Å². The third-order valence-electron chi connectivity index (χ3n) is 7.57. The SMILES string of the molecule is CCOC(=O)[C@@H]1[C@@H]2C[C@@H](C[C@H]2O)N1C(=O)OC(C)(C)C.CCOC(=O)[C@H]1[C@H]2C[C@H](C[C@@H]2O)N1C(=O)OC(C)(C)C. The maximum atomic E-state index is 12.3. The molecule has 0 radical (unpaired) electrons. The fraction of sp³-hybridized carbons (Fsp3) is 0.857. The molecule has 4 aliphatic rings. The molecule has 2 aliphatic carbocycles. The highest BCUT2D eigenvalue weighted by Gasteiger charge is 2.58. The van der Waals surface area contributed by atoms with Gasteiger partial charge in [-0.1, -0.05) is 0 Å². The highest BCUT2D eigenvalue weighted by atomic mass is 16.6. The van der Waals surface area contributed by atoms with E-state index in [1.165, 1.54) is 9.80 Å². The molecule has 2 amide bonds. The Morgan fingerprint density at radius 3 is 1.25 bits per heavy atom. The van der Waals surface area contributed by atoms with E-state index in [1.807, 2.05) is 0 Å². The van der Waals surface area contributed by atoms with Crippen LogP contribution in [-0.2, 0) is 28.5 Å². The lowest BCUT2D eigenvalue weighted by Gasteiger charge is -2.36. The number of piperidine rings is 2. The molecule has 12 nitrogen and oxygen atoms in total. The number of likely N-dealkylation sites (tertiary alicyclic amines) is 2. The zero-order chi connectivity index (χ0) is 30.2. The number of aliphatic hydroxyl groups excluding tert-OH is 2. The largest absolute Gasteiger partial charge is 0.464 e. The Labute approximate surface area is 236 Å². The number of esters is 2. The molecule has 0 aromatic carbocycles. The zero-order valence-electron chi connectivity index (χ0n) is 24.9. The summed E-state index contributed by atoms with van der Waals surface area (Å²) in [5, 5.41) is 19.9. The molecule has 2 heterocycles. The molecule has 0 aromatic rings. The Kier molecular flexibility index (Phi) is 9.66. The molecule has 2 saturated heterocycles. The molecule has 4 bridgehead atoms. The van der Waals surface area contributed by atoms with Crippen molar-refractivity contribution in [1.29, 1.82) is 0 Å². The van der Waals surface area contributed by atoms with Crippen LogP contribution in [0.2, 0.25) is 0 Å². The molecule has 2 N–H and O–H groups in total. The van der Waals surface area contributed by atoms with Crippen LogP contribution in [0.15, 0.2) is 0 Å². The second-order valence-electron chi connectivity index (χ2n) is 12.9. The molecule has 40 heavy (non-hydrogen) atoms. The van der Waals surface area contributed by atoms with Gasteiger partial charge in [-0.2, -0.15) is 0 Å². The second kappa shape index (κ2) is 12.1. The summed E-state index contributed by atoms with van der Waals surface area (Å²) in [5.74, 6) is -1.40. The van der Waals surface area contributed by atoms with Crippen LogP contribution in [0, 0.1) is 11.8 Å². The fourth-order valence-electron chi connectivity index (χ4n) is 6.23. The van der Waals surface area contributed by atoms with E-state index in [0.717, 1.165) is 0 Å². The topological polar surface area (TPSA) is 152 Å². The predicted octanol–water partition coefficient (Wildman–Crippen LogP) is 2.62. The minimum Gasteiger partial charge on any atom is -0.464 e. The zero-order valence-corrected chi connectivity index (χ0v) is 24.9. The van der Waals surface area contributed by atoms with Gasteiger partial charge in [0, 0.05) is 23.9 Å². The van der Waals surface area contributed by atoms with Crippen molar-refractivity contribution in [3.63, 3.8) is 0 Å². The van der Waals surface area contributed by atoms with Crippen LogP contribution < -0.4 is 0 Å². The quantitative estimate of drug-likeness (QED) is 0.381. The van der Waals surface area contributed by atoms with Crippen LogP contribution in [0.25, 0.3) is 0 Å². The second-order valence-corrected chi connectivity index (χ2v) is 12.9. The fourth-order valence-corrected chi connectivity index (χ4v) is 6.23. The Morgan fingerprint density at radius 1 is 0.650 bits per heavy atom. The van der Waals surface area contributed by atoms with Crippen molar-refractivity contribution in [2.45, 2.75) is 129 Å².